The predicted octanol–water partition coefficient (Wildman–Crippen LogP) is 3.14. The molecule has 4 nitrogen and oxygen atoms in total. The van der Waals surface area contributed by atoms with Gasteiger partial charge in [-0.2, -0.15) is 0 Å². The van der Waals surface area contributed by atoms with Crippen molar-refractivity contribution in [3.05, 3.63) is 35.0 Å². The molecule has 2 aromatic rings. The summed E-state index contributed by atoms with van der Waals surface area (Å²) in [5.74, 6) is 0. The topological polar surface area (TPSA) is 55.9 Å². The Balaban J connectivity index is 0.00000110. The lowest BCUT2D eigenvalue weighted by Crippen LogP contribution is -2.36. The zero-order valence-corrected chi connectivity index (χ0v) is 14.2. The molecule has 0 radical (unpaired) electrons. The summed E-state index contributed by atoms with van der Waals surface area (Å²) in [5.41, 5.74) is 7.13. The quantitative estimate of drug-likeness (QED) is 0.892. The van der Waals surface area contributed by atoms with E-state index in [-0.39, 0.29) is 24.8 Å². The van der Waals surface area contributed by atoms with E-state index < -0.39 is 0 Å². The summed E-state index contributed by atoms with van der Waals surface area (Å²) in [6, 6.07) is 3.29. The van der Waals surface area contributed by atoms with Crippen molar-refractivity contribution in [3.63, 3.8) is 0 Å². The van der Waals surface area contributed by atoms with Crippen molar-refractivity contribution in [2.45, 2.75) is 44.3 Å². The first-order valence-electron chi connectivity index (χ1n) is 6.86. The minimum Gasteiger partial charge on any atom is -0.328 e. The highest BCUT2D eigenvalue weighted by Gasteiger charge is 2.17. The lowest BCUT2D eigenvalue weighted by Gasteiger charge is -2.26. The average molecular weight is 349 g/mol. The maximum absolute atomic E-state index is 5.93. The highest BCUT2D eigenvalue weighted by atomic mass is 35.5. The highest BCUT2D eigenvalue weighted by Crippen LogP contribution is 2.20. The molecule has 0 atom stereocenters. The number of aromatic nitrogens is 2. The van der Waals surface area contributed by atoms with E-state index in [1.807, 2.05) is 17.1 Å². The van der Waals surface area contributed by atoms with Crippen LogP contribution in [0.1, 0.15) is 30.6 Å². The zero-order chi connectivity index (χ0) is 13.1. The van der Waals surface area contributed by atoms with Gasteiger partial charge in [-0.3, -0.25) is 0 Å². The Bertz CT molecular complexity index is 507. The molecule has 118 valence electrons. The van der Waals surface area contributed by atoms with Crippen molar-refractivity contribution in [2.75, 3.05) is 0 Å². The van der Waals surface area contributed by atoms with Crippen molar-refractivity contribution in [1.82, 2.24) is 14.9 Å². The van der Waals surface area contributed by atoms with Gasteiger partial charge < -0.3 is 15.6 Å². The van der Waals surface area contributed by atoms with Crippen LogP contribution in [0.5, 0.6) is 0 Å². The number of halogens is 2. The van der Waals surface area contributed by atoms with Crippen LogP contribution in [0.15, 0.2) is 30.2 Å². The average Bonchev–Trinajstić information content (AvgIpc) is 3.09. The van der Waals surface area contributed by atoms with Gasteiger partial charge in [-0.15, -0.1) is 36.2 Å². The fraction of sp³-hybridized carbons (Fsp3) is 0.500. The van der Waals surface area contributed by atoms with Crippen molar-refractivity contribution in [1.29, 1.82) is 0 Å². The molecular formula is C14H22Cl2N4S. The minimum atomic E-state index is 0. The second kappa shape index (κ2) is 8.76. The molecule has 1 fully saturated rings. The van der Waals surface area contributed by atoms with Gasteiger partial charge in [-0.1, -0.05) is 0 Å². The molecule has 2 aromatic heterocycles. The van der Waals surface area contributed by atoms with Crippen LogP contribution >= 0.6 is 36.2 Å². The third-order valence-corrected chi connectivity index (χ3v) is 4.70. The molecule has 0 aliphatic heterocycles. The van der Waals surface area contributed by atoms with Crippen molar-refractivity contribution in [3.8, 4) is 5.69 Å². The second-order valence-electron chi connectivity index (χ2n) is 5.23. The van der Waals surface area contributed by atoms with Crippen molar-refractivity contribution < 1.29 is 0 Å². The first-order chi connectivity index (χ1) is 9.31. The highest BCUT2D eigenvalue weighted by molar-refractivity contribution is 7.10. The maximum Gasteiger partial charge on any atom is 0.0991 e. The second-order valence-corrected chi connectivity index (χ2v) is 6.23. The summed E-state index contributed by atoms with van der Waals surface area (Å²) in [6.45, 7) is 0.958. The third-order valence-electron chi connectivity index (χ3n) is 3.78. The molecule has 1 aliphatic carbocycles. The lowest BCUT2D eigenvalue weighted by atomic mass is 9.92. The van der Waals surface area contributed by atoms with Gasteiger partial charge in [0.1, 0.15) is 0 Å². The Labute approximate surface area is 142 Å². The molecule has 21 heavy (non-hydrogen) atoms. The van der Waals surface area contributed by atoms with Gasteiger partial charge in [-0.25, -0.2) is 4.98 Å². The summed E-state index contributed by atoms with van der Waals surface area (Å²) in [5, 5.41) is 5.82. The first kappa shape index (κ1) is 18.5. The standard InChI is InChI=1S/C14H20N4S.2ClH/c15-11-1-3-12(4-2-11)17-8-14-7-13(9-19-14)18-6-5-16-10-18;;/h5-7,9-12,17H,1-4,8,15H2;2*1H. The van der Waals surface area contributed by atoms with Crippen LogP contribution in [-0.4, -0.2) is 21.6 Å². The number of nitrogens with two attached hydrogens (primary N) is 1. The van der Waals surface area contributed by atoms with Crippen LogP contribution in [0, 0.1) is 0 Å². The van der Waals surface area contributed by atoms with Crippen molar-refractivity contribution >= 4 is 36.2 Å². The minimum absolute atomic E-state index is 0. The summed E-state index contributed by atoms with van der Waals surface area (Å²) < 4.78 is 2.04. The van der Waals surface area contributed by atoms with Crippen LogP contribution in [-0.2, 0) is 6.54 Å². The Hall–Kier alpha value is -0.590. The number of imidazole rings is 1. The van der Waals surface area contributed by atoms with E-state index in [0.717, 1.165) is 19.4 Å². The Morgan fingerprint density at radius 3 is 2.71 bits per heavy atom. The number of hydrogen-bond donors (Lipinski definition) is 2. The Morgan fingerprint density at radius 2 is 2.05 bits per heavy atom. The molecule has 1 aliphatic rings. The molecule has 7 heteroatoms. The summed E-state index contributed by atoms with van der Waals surface area (Å²) in [6.07, 6.45) is 10.3. The molecule has 3 N–H and O–H groups in total. The number of thiophene rings is 1. The molecule has 0 saturated heterocycles. The molecule has 0 spiro atoms. The van der Waals surface area contributed by atoms with Gasteiger partial charge >= 0.3 is 0 Å². The number of rotatable bonds is 4. The lowest BCUT2D eigenvalue weighted by molar-refractivity contribution is 0.342. The molecule has 0 amide bonds. The monoisotopic (exact) mass is 348 g/mol. The van der Waals surface area contributed by atoms with Crippen LogP contribution in [0.2, 0.25) is 0 Å². The number of nitrogens with one attached hydrogen (secondary N) is 1. The summed E-state index contributed by atoms with van der Waals surface area (Å²) in [4.78, 5) is 5.45. The van der Waals surface area contributed by atoms with E-state index in [2.05, 4.69) is 21.7 Å². The molecule has 3 rings (SSSR count). The van der Waals surface area contributed by atoms with E-state index in [1.165, 1.54) is 23.4 Å². The largest absolute Gasteiger partial charge is 0.328 e. The van der Waals surface area contributed by atoms with Gasteiger partial charge in [0, 0.05) is 41.3 Å². The Morgan fingerprint density at radius 1 is 1.29 bits per heavy atom. The van der Waals surface area contributed by atoms with Gasteiger partial charge in [0.2, 0.25) is 0 Å². The predicted molar refractivity (Wildman–Crippen MR) is 93.0 cm³/mol. The third kappa shape index (κ3) is 4.97. The smallest absolute Gasteiger partial charge is 0.0991 e. The van der Waals surface area contributed by atoms with Crippen LogP contribution in [0.3, 0.4) is 0 Å². The van der Waals surface area contributed by atoms with Gasteiger partial charge in [0.15, 0.2) is 0 Å². The molecule has 1 saturated carbocycles. The molecule has 0 bridgehead atoms. The van der Waals surface area contributed by atoms with Gasteiger partial charge in [-0.05, 0) is 31.7 Å². The summed E-state index contributed by atoms with van der Waals surface area (Å²) in [7, 11) is 0. The van der Waals surface area contributed by atoms with E-state index >= 15 is 0 Å². The SMILES string of the molecule is Cl.Cl.NC1CCC(NCc2cc(-n3ccnc3)cs2)CC1. The summed E-state index contributed by atoms with van der Waals surface area (Å²) >= 11 is 1.80. The number of nitrogens with zero attached hydrogens (tertiary/aromatic N) is 2. The molecule has 0 unspecified atom stereocenters. The fourth-order valence-corrected chi connectivity index (χ4v) is 3.39. The fourth-order valence-electron chi connectivity index (χ4n) is 2.58. The van der Waals surface area contributed by atoms with Gasteiger partial charge in [0.05, 0.1) is 12.0 Å². The van der Waals surface area contributed by atoms with E-state index in [1.54, 1.807) is 17.5 Å². The normalized spacial score (nSPS) is 21.4. The molecule has 0 aromatic carbocycles. The Kier molecular flexibility index (Phi) is 7.70. The number of hydrogen-bond acceptors (Lipinski definition) is 4. The zero-order valence-electron chi connectivity index (χ0n) is 11.8. The van der Waals surface area contributed by atoms with Crippen LogP contribution in [0.25, 0.3) is 5.69 Å². The van der Waals surface area contributed by atoms with E-state index in [4.69, 9.17) is 5.73 Å². The van der Waals surface area contributed by atoms with E-state index in [9.17, 15) is 0 Å². The maximum atomic E-state index is 5.93. The first-order valence-corrected chi connectivity index (χ1v) is 7.74. The molecular weight excluding hydrogens is 327 g/mol. The van der Waals surface area contributed by atoms with Crippen molar-refractivity contribution in [2.24, 2.45) is 5.73 Å². The molecule has 2 heterocycles. The van der Waals surface area contributed by atoms with Crippen LogP contribution in [0.4, 0.5) is 0 Å². The van der Waals surface area contributed by atoms with Crippen LogP contribution < -0.4 is 11.1 Å². The van der Waals surface area contributed by atoms with E-state index in [0.29, 0.717) is 12.1 Å². The van der Waals surface area contributed by atoms with Gasteiger partial charge in [0.25, 0.3) is 0 Å².